The van der Waals surface area contributed by atoms with Crippen molar-refractivity contribution in [3.05, 3.63) is 34.9 Å². The molecule has 1 fully saturated rings. The van der Waals surface area contributed by atoms with Crippen LogP contribution in [0.3, 0.4) is 0 Å². The highest BCUT2D eigenvalue weighted by molar-refractivity contribution is 6.30. The first-order valence-corrected chi connectivity index (χ1v) is 5.57. The minimum absolute atomic E-state index is 0.356. The van der Waals surface area contributed by atoms with E-state index in [1.54, 1.807) is 18.2 Å². The second-order valence-corrected chi connectivity index (χ2v) is 4.67. The highest BCUT2D eigenvalue weighted by atomic mass is 35.5. The van der Waals surface area contributed by atoms with E-state index < -0.39 is 17.6 Å². The largest absolute Gasteiger partial charge is 0.481 e. The minimum atomic E-state index is -1.47. The summed E-state index contributed by atoms with van der Waals surface area (Å²) in [7, 11) is 0. The lowest BCUT2D eigenvalue weighted by Crippen LogP contribution is -2.41. The van der Waals surface area contributed by atoms with Gasteiger partial charge in [0, 0.05) is 5.02 Å². The zero-order chi connectivity index (χ0) is 11.8. The third-order valence-corrected chi connectivity index (χ3v) is 3.53. The summed E-state index contributed by atoms with van der Waals surface area (Å²) in [5.41, 5.74) is -0.875. The molecule has 1 aliphatic rings. The van der Waals surface area contributed by atoms with Gasteiger partial charge in [-0.05, 0) is 30.5 Å². The fourth-order valence-electron chi connectivity index (χ4n) is 2.12. The molecular formula is C12H12ClFO2. The van der Waals surface area contributed by atoms with Crippen LogP contribution in [0.25, 0.3) is 0 Å². The quantitative estimate of drug-likeness (QED) is 0.879. The maximum atomic E-state index is 14.2. The van der Waals surface area contributed by atoms with Gasteiger partial charge in [0.05, 0.1) is 0 Å². The number of carbonyl (C=O) groups is 1. The summed E-state index contributed by atoms with van der Waals surface area (Å²) in [5, 5.41) is 9.54. The smallest absolute Gasteiger partial charge is 0.312 e. The van der Waals surface area contributed by atoms with E-state index in [0.29, 0.717) is 23.4 Å². The van der Waals surface area contributed by atoms with Crippen LogP contribution in [0.1, 0.15) is 31.0 Å². The molecule has 0 aliphatic heterocycles. The first-order chi connectivity index (χ1) is 7.56. The second kappa shape index (κ2) is 4.06. The topological polar surface area (TPSA) is 37.3 Å². The van der Waals surface area contributed by atoms with Crippen molar-refractivity contribution in [3.8, 4) is 0 Å². The van der Waals surface area contributed by atoms with Gasteiger partial charge in [0.1, 0.15) is 11.6 Å². The summed E-state index contributed by atoms with van der Waals surface area (Å²) in [6.07, 6.45) is 0.0942. The average molecular weight is 243 g/mol. The molecule has 1 N–H and O–H groups in total. The van der Waals surface area contributed by atoms with Gasteiger partial charge >= 0.3 is 5.97 Å². The molecule has 2 nitrogen and oxygen atoms in total. The number of alkyl halides is 1. The van der Waals surface area contributed by atoms with Gasteiger partial charge in [-0.15, -0.1) is 0 Å². The molecule has 86 valence electrons. The normalized spacial score (nSPS) is 19.9. The molecular weight excluding hydrogens is 231 g/mol. The Morgan fingerprint density at radius 3 is 2.62 bits per heavy atom. The Bertz CT molecular complexity index is 415. The fraction of sp³-hybridized carbons (Fsp3) is 0.417. The van der Waals surface area contributed by atoms with Gasteiger partial charge in [0.2, 0.25) is 0 Å². The predicted molar refractivity (Wildman–Crippen MR) is 59.2 cm³/mol. The molecule has 2 rings (SSSR count). The number of halogens is 2. The van der Waals surface area contributed by atoms with Gasteiger partial charge in [0.15, 0.2) is 0 Å². The molecule has 1 saturated carbocycles. The lowest BCUT2D eigenvalue weighted by Gasteiger charge is -2.40. The molecule has 16 heavy (non-hydrogen) atoms. The highest BCUT2D eigenvalue weighted by Gasteiger charge is 2.51. The van der Waals surface area contributed by atoms with Crippen molar-refractivity contribution in [1.29, 1.82) is 0 Å². The second-order valence-electron chi connectivity index (χ2n) is 4.23. The summed E-state index contributed by atoms with van der Waals surface area (Å²) in [6, 6.07) is 6.36. The lowest BCUT2D eigenvalue weighted by molar-refractivity contribution is -0.161. The Balaban J connectivity index is 2.30. The molecule has 0 radical (unpaired) electrons. The van der Waals surface area contributed by atoms with E-state index in [1.165, 1.54) is 6.07 Å². The van der Waals surface area contributed by atoms with Gasteiger partial charge in [-0.25, -0.2) is 4.39 Å². The van der Waals surface area contributed by atoms with Crippen molar-refractivity contribution in [1.82, 2.24) is 0 Å². The molecule has 1 aliphatic carbocycles. The first-order valence-electron chi connectivity index (χ1n) is 5.19. The van der Waals surface area contributed by atoms with Crippen molar-refractivity contribution < 1.29 is 14.3 Å². The number of aliphatic carboxylic acids is 1. The van der Waals surface area contributed by atoms with Crippen molar-refractivity contribution in [2.75, 3.05) is 0 Å². The van der Waals surface area contributed by atoms with Crippen LogP contribution >= 0.6 is 11.6 Å². The Hall–Kier alpha value is -1.09. The van der Waals surface area contributed by atoms with Gasteiger partial charge < -0.3 is 5.11 Å². The molecule has 0 aromatic heterocycles. The molecule has 0 bridgehead atoms. The van der Waals surface area contributed by atoms with Gasteiger partial charge in [-0.2, -0.15) is 0 Å². The van der Waals surface area contributed by atoms with Crippen LogP contribution in [0, 0.1) is 5.41 Å². The number of benzene rings is 1. The van der Waals surface area contributed by atoms with Gasteiger partial charge in [-0.3, -0.25) is 4.79 Å². The lowest BCUT2D eigenvalue weighted by atomic mass is 9.64. The van der Waals surface area contributed by atoms with E-state index in [1.807, 2.05) is 0 Å². The third kappa shape index (κ3) is 1.69. The van der Waals surface area contributed by atoms with Crippen LogP contribution in [-0.4, -0.2) is 11.1 Å². The van der Waals surface area contributed by atoms with E-state index in [2.05, 4.69) is 0 Å². The Kier molecular flexibility index (Phi) is 2.89. The van der Waals surface area contributed by atoms with Crippen LogP contribution in [0.15, 0.2) is 24.3 Å². The average Bonchev–Trinajstić information content (AvgIpc) is 2.15. The number of hydrogen-bond acceptors (Lipinski definition) is 1. The summed E-state index contributed by atoms with van der Waals surface area (Å²) in [5.74, 6) is -1.05. The number of hydrogen-bond donors (Lipinski definition) is 1. The highest BCUT2D eigenvalue weighted by Crippen LogP contribution is 2.52. The molecule has 0 heterocycles. The van der Waals surface area contributed by atoms with E-state index in [9.17, 15) is 9.18 Å². The molecule has 1 aromatic carbocycles. The third-order valence-electron chi connectivity index (χ3n) is 3.30. The SMILES string of the molecule is O=C(O)C1(C(F)c2cccc(Cl)c2)CCC1. The molecule has 4 heteroatoms. The zero-order valence-corrected chi connectivity index (χ0v) is 9.38. The van der Waals surface area contributed by atoms with Crippen LogP contribution in [0.2, 0.25) is 5.02 Å². The van der Waals surface area contributed by atoms with Crippen LogP contribution in [0.5, 0.6) is 0 Å². The monoisotopic (exact) mass is 242 g/mol. The molecule has 1 aromatic rings. The zero-order valence-electron chi connectivity index (χ0n) is 8.62. The number of carboxylic acids is 1. The molecule has 1 unspecified atom stereocenters. The molecule has 0 saturated heterocycles. The van der Waals surface area contributed by atoms with Crippen molar-refractivity contribution >= 4 is 17.6 Å². The number of rotatable bonds is 3. The summed E-state index contributed by atoms with van der Waals surface area (Å²) >= 11 is 5.77. The molecule has 1 atom stereocenters. The van der Waals surface area contributed by atoms with Crippen molar-refractivity contribution in [2.24, 2.45) is 5.41 Å². The maximum absolute atomic E-state index is 14.2. The summed E-state index contributed by atoms with van der Waals surface area (Å²) in [6.45, 7) is 0. The van der Waals surface area contributed by atoms with E-state index >= 15 is 0 Å². The van der Waals surface area contributed by atoms with Gasteiger partial charge in [0.25, 0.3) is 0 Å². The molecule has 0 amide bonds. The Morgan fingerprint density at radius 2 is 2.19 bits per heavy atom. The predicted octanol–water partition coefficient (Wildman–Crippen LogP) is 3.61. The fourth-order valence-corrected chi connectivity index (χ4v) is 2.32. The van der Waals surface area contributed by atoms with Crippen molar-refractivity contribution in [2.45, 2.75) is 25.4 Å². The summed E-state index contributed by atoms with van der Waals surface area (Å²) in [4.78, 5) is 11.1. The minimum Gasteiger partial charge on any atom is -0.481 e. The van der Waals surface area contributed by atoms with E-state index in [0.717, 1.165) is 6.42 Å². The van der Waals surface area contributed by atoms with Crippen molar-refractivity contribution in [3.63, 3.8) is 0 Å². The number of carboxylic acid groups (broad SMARTS) is 1. The van der Waals surface area contributed by atoms with Crippen LogP contribution in [-0.2, 0) is 4.79 Å². The van der Waals surface area contributed by atoms with Crippen LogP contribution in [0.4, 0.5) is 4.39 Å². The Morgan fingerprint density at radius 1 is 1.50 bits per heavy atom. The van der Waals surface area contributed by atoms with E-state index in [4.69, 9.17) is 16.7 Å². The maximum Gasteiger partial charge on any atom is 0.312 e. The van der Waals surface area contributed by atoms with Gasteiger partial charge in [-0.1, -0.05) is 30.2 Å². The van der Waals surface area contributed by atoms with Crippen LogP contribution < -0.4 is 0 Å². The Labute approximate surface area is 98.0 Å². The standard InChI is InChI=1S/C12H12ClFO2/c13-9-4-1-3-8(7-9)10(14)12(11(15)16)5-2-6-12/h1,3-4,7,10H,2,5-6H2,(H,15,16). The molecule has 0 spiro atoms. The first kappa shape index (κ1) is 11.4. The van der Waals surface area contributed by atoms with E-state index in [-0.39, 0.29) is 0 Å². The summed E-state index contributed by atoms with van der Waals surface area (Å²) < 4.78 is 14.2.